The first kappa shape index (κ1) is 23.7. The summed E-state index contributed by atoms with van der Waals surface area (Å²) in [5, 5.41) is 0. The number of alkyl halides is 3. The molecule has 1 heterocycles. The summed E-state index contributed by atoms with van der Waals surface area (Å²) in [7, 11) is 0. The molecule has 0 unspecified atom stereocenters. The summed E-state index contributed by atoms with van der Waals surface area (Å²) >= 11 is 3.13. The van der Waals surface area contributed by atoms with Crippen molar-refractivity contribution in [1.29, 1.82) is 0 Å². The summed E-state index contributed by atoms with van der Waals surface area (Å²) < 4.78 is 64.9. The third-order valence-electron chi connectivity index (χ3n) is 3.38. The number of benzene rings is 1. The average Bonchev–Trinajstić information content (AvgIpc) is 2.63. The van der Waals surface area contributed by atoms with E-state index in [2.05, 4.69) is 33.0 Å². The number of hydroxylamine groups is 1. The third-order valence-corrected chi connectivity index (χ3v) is 4.00. The van der Waals surface area contributed by atoms with Crippen molar-refractivity contribution in [3.63, 3.8) is 0 Å². The van der Waals surface area contributed by atoms with Crippen LogP contribution in [0.5, 0.6) is 11.8 Å². The molecule has 30 heavy (non-hydrogen) atoms. The molecular weight excluding hydrogens is 478 g/mol. The maximum Gasteiger partial charge on any atom is 0.433 e. The second-order valence-corrected chi connectivity index (χ2v) is 6.70. The summed E-state index contributed by atoms with van der Waals surface area (Å²) in [6.45, 7) is 6.82. The van der Waals surface area contributed by atoms with E-state index >= 15 is 0 Å². The first-order valence-corrected chi connectivity index (χ1v) is 9.33. The number of rotatable bonds is 9. The van der Waals surface area contributed by atoms with Crippen molar-refractivity contribution in [1.82, 2.24) is 15.0 Å². The van der Waals surface area contributed by atoms with Gasteiger partial charge in [-0.1, -0.05) is 6.58 Å². The summed E-state index contributed by atoms with van der Waals surface area (Å²) in [5.74, 6) is -0.779. The van der Waals surface area contributed by atoms with E-state index in [9.17, 15) is 22.4 Å². The molecule has 2 aromatic rings. The number of hydrogen-bond acceptors (Lipinski definition) is 6. The zero-order valence-corrected chi connectivity index (χ0v) is 17.6. The minimum atomic E-state index is -4.87. The lowest BCUT2D eigenvalue weighted by atomic mass is 10.2. The van der Waals surface area contributed by atoms with Crippen LogP contribution in [0.2, 0.25) is 0 Å². The Hall–Kier alpha value is -2.60. The number of ether oxygens (including phenoxy) is 2. The highest BCUT2D eigenvalue weighted by Gasteiger charge is 2.35. The lowest BCUT2D eigenvalue weighted by molar-refractivity contribution is -0.141. The summed E-state index contributed by atoms with van der Waals surface area (Å²) in [6.07, 6.45) is -4.87. The third kappa shape index (κ3) is 5.95. The highest BCUT2D eigenvalue weighted by Crippen LogP contribution is 2.32. The molecule has 1 N–H and O–H groups in total. The van der Waals surface area contributed by atoms with E-state index in [0.717, 1.165) is 12.1 Å². The van der Waals surface area contributed by atoms with Crippen molar-refractivity contribution in [2.75, 3.05) is 19.8 Å². The van der Waals surface area contributed by atoms with Crippen LogP contribution in [-0.2, 0) is 11.0 Å². The normalized spacial score (nSPS) is 11.3. The molecule has 7 nitrogen and oxygen atoms in total. The van der Waals surface area contributed by atoms with Crippen LogP contribution in [0.4, 0.5) is 17.6 Å². The van der Waals surface area contributed by atoms with E-state index in [1.54, 1.807) is 6.92 Å². The molecule has 0 radical (unpaired) electrons. The maximum atomic E-state index is 14.6. The van der Waals surface area contributed by atoms with Crippen molar-refractivity contribution in [2.45, 2.75) is 20.0 Å². The molecule has 0 atom stereocenters. The zero-order valence-electron chi connectivity index (χ0n) is 16.0. The first-order chi connectivity index (χ1) is 14.0. The Balaban J connectivity index is 2.43. The second-order valence-electron chi connectivity index (χ2n) is 5.84. The van der Waals surface area contributed by atoms with Gasteiger partial charge >= 0.3 is 12.2 Å². The number of aromatic nitrogens is 2. The van der Waals surface area contributed by atoms with Crippen molar-refractivity contribution in [3.8, 4) is 17.4 Å². The predicted molar refractivity (Wildman–Crippen MR) is 103 cm³/mol. The first-order valence-electron chi connectivity index (χ1n) is 8.54. The molecule has 12 heteroatoms. The summed E-state index contributed by atoms with van der Waals surface area (Å²) in [6, 6.07) is 1.72. The molecule has 0 aliphatic heterocycles. The van der Waals surface area contributed by atoms with Crippen LogP contribution in [0, 0.1) is 5.82 Å². The Morgan fingerprint density at radius 3 is 2.57 bits per heavy atom. The number of nitrogens with one attached hydrogen (secondary N) is 1. The molecule has 0 fully saturated rings. The van der Waals surface area contributed by atoms with Crippen molar-refractivity contribution in [3.05, 3.63) is 56.8 Å². The second kappa shape index (κ2) is 9.94. The molecular formula is C18H18BrF4N3O4. The average molecular weight is 496 g/mol. The van der Waals surface area contributed by atoms with Crippen molar-refractivity contribution in [2.24, 2.45) is 0 Å². The van der Waals surface area contributed by atoms with Gasteiger partial charge in [0.25, 0.3) is 5.56 Å². The number of allylic oxidation sites excluding steroid dienone is 1. The fourth-order valence-corrected chi connectivity index (χ4v) is 2.65. The predicted octanol–water partition coefficient (Wildman–Crippen LogP) is 3.99. The van der Waals surface area contributed by atoms with Gasteiger partial charge in [0.05, 0.1) is 16.8 Å². The molecule has 0 saturated carbocycles. The van der Waals surface area contributed by atoms with E-state index < -0.39 is 29.3 Å². The largest absolute Gasteiger partial charge is 0.490 e. The Morgan fingerprint density at radius 2 is 1.97 bits per heavy atom. The van der Waals surface area contributed by atoms with Crippen molar-refractivity contribution >= 4 is 15.9 Å². The smallest absolute Gasteiger partial charge is 0.433 e. The number of hydrogen-bond donors (Lipinski definition) is 1. The van der Waals surface area contributed by atoms with Crippen LogP contribution in [0.25, 0.3) is 5.69 Å². The van der Waals surface area contributed by atoms with E-state index in [-0.39, 0.29) is 41.8 Å². The van der Waals surface area contributed by atoms with Crippen LogP contribution in [-0.4, -0.2) is 29.4 Å². The molecule has 0 bridgehead atoms. The van der Waals surface area contributed by atoms with Gasteiger partial charge in [-0.05, 0) is 35.8 Å². The van der Waals surface area contributed by atoms with Gasteiger partial charge in [-0.3, -0.25) is 15.1 Å². The molecule has 164 valence electrons. The summed E-state index contributed by atoms with van der Waals surface area (Å²) in [4.78, 5) is 20.8. The Kier molecular flexibility index (Phi) is 7.84. The molecule has 0 spiro atoms. The van der Waals surface area contributed by atoms with Gasteiger partial charge in [-0.15, -0.1) is 0 Å². The highest BCUT2D eigenvalue weighted by molar-refractivity contribution is 9.10. The quantitative estimate of drug-likeness (QED) is 0.322. The lowest BCUT2D eigenvalue weighted by Gasteiger charge is -2.16. The molecule has 1 aromatic heterocycles. The van der Waals surface area contributed by atoms with Crippen LogP contribution < -0.4 is 20.5 Å². The Bertz CT molecular complexity index is 979. The fourth-order valence-electron chi connectivity index (χ4n) is 2.22. The lowest BCUT2D eigenvalue weighted by Crippen LogP contribution is -2.26. The molecule has 0 amide bonds. The minimum Gasteiger partial charge on any atom is -0.490 e. The van der Waals surface area contributed by atoms with Gasteiger partial charge in [0.2, 0.25) is 0 Å². The van der Waals surface area contributed by atoms with E-state index in [0.29, 0.717) is 10.3 Å². The minimum absolute atomic E-state index is 0.0441. The maximum absolute atomic E-state index is 14.6. The monoisotopic (exact) mass is 495 g/mol. The summed E-state index contributed by atoms with van der Waals surface area (Å²) in [5.41, 5.74) is 0.121. The van der Waals surface area contributed by atoms with E-state index in [1.165, 1.54) is 6.92 Å². The highest BCUT2D eigenvalue weighted by atomic mass is 79.9. The van der Waals surface area contributed by atoms with Crippen LogP contribution >= 0.6 is 15.9 Å². The van der Waals surface area contributed by atoms with Crippen molar-refractivity contribution < 1.29 is 31.9 Å². The number of nitrogens with zero attached hydrogens (tertiary/aromatic N) is 2. The van der Waals surface area contributed by atoms with Crippen LogP contribution in [0.15, 0.2) is 39.7 Å². The topological polar surface area (TPSA) is 74.6 Å². The number of halogens is 5. The SMILES string of the molecule is C=C(C)NOCCOc1cc(-n2c(OCC)nc(C(F)(F)F)cc2=O)c(F)cc1Br. The van der Waals surface area contributed by atoms with Gasteiger partial charge in [0, 0.05) is 17.8 Å². The van der Waals surface area contributed by atoms with Crippen LogP contribution in [0.3, 0.4) is 0 Å². The fraction of sp³-hybridized carbons (Fsp3) is 0.333. The van der Waals surface area contributed by atoms with Gasteiger partial charge < -0.3 is 9.47 Å². The molecule has 0 aliphatic rings. The zero-order chi connectivity index (χ0) is 22.5. The van der Waals surface area contributed by atoms with Crippen LogP contribution in [0.1, 0.15) is 19.5 Å². The van der Waals surface area contributed by atoms with Gasteiger partial charge in [0.15, 0.2) is 5.69 Å². The van der Waals surface area contributed by atoms with Gasteiger partial charge in [0.1, 0.15) is 24.8 Å². The standard InChI is InChI=1S/C18H18BrF4N3O4/c1-4-28-17-24-15(18(21,22)23)9-16(27)26(17)13-8-14(11(19)7-12(13)20)29-5-6-30-25-10(2)3/h7-9,25H,2,4-6H2,1,3H3. The molecule has 0 saturated heterocycles. The molecule has 0 aliphatic carbocycles. The van der Waals surface area contributed by atoms with E-state index in [4.69, 9.17) is 14.3 Å². The Labute approximate surface area is 177 Å². The molecule has 2 rings (SSSR count). The van der Waals surface area contributed by atoms with E-state index in [1.807, 2.05) is 0 Å². The van der Waals surface area contributed by atoms with Gasteiger partial charge in [-0.2, -0.15) is 18.2 Å². The van der Waals surface area contributed by atoms with Gasteiger partial charge in [-0.25, -0.2) is 8.96 Å². The molecule has 1 aromatic carbocycles. The Morgan fingerprint density at radius 1 is 1.27 bits per heavy atom.